The number of nitrogens with one attached hydrogen (secondary N) is 1. The second-order valence-electron chi connectivity index (χ2n) is 6.33. The highest BCUT2D eigenvalue weighted by atomic mass is 16.5. The second-order valence-corrected chi connectivity index (χ2v) is 6.33. The largest absolute Gasteiger partial charge is 0.504 e. The van der Waals surface area contributed by atoms with E-state index >= 15 is 0 Å². The predicted molar refractivity (Wildman–Crippen MR) is 83.7 cm³/mol. The lowest BCUT2D eigenvalue weighted by atomic mass is 9.97. The molecule has 2 atom stereocenters. The summed E-state index contributed by atoms with van der Waals surface area (Å²) in [6, 6.07) is 7.83. The zero-order chi connectivity index (χ0) is 14.8. The molecule has 1 aromatic carbocycles. The molecule has 0 aliphatic carbocycles. The summed E-state index contributed by atoms with van der Waals surface area (Å²) in [5.74, 6) is 0.776. The maximum Gasteiger partial charge on any atom is 0.160 e. The maximum absolute atomic E-state index is 9.93. The number of benzene rings is 1. The van der Waals surface area contributed by atoms with E-state index in [1.54, 1.807) is 7.11 Å². The van der Waals surface area contributed by atoms with Crippen LogP contribution in [0.4, 0.5) is 0 Å². The first-order chi connectivity index (χ1) is 10.2. The molecule has 0 spiro atoms. The van der Waals surface area contributed by atoms with Crippen LogP contribution < -0.4 is 10.1 Å². The molecule has 2 saturated heterocycles. The van der Waals surface area contributed by atoms with Gasteiger partial charge in [-0.25, -0.2) is 0 Å². The molecule has 2 bridgehead atoms. The third-order valence-electron chi connectivity index (χ3n) is 5.00. The lowest BCUT2D eigenvalue weighted by molar-refractivity contribution is 0.140. The predicted octanol–water partition coefficient (Wildman–Crippen LogP) is 2.51. The van der Waals surface area contributed by atoms with Crippen molar-refractivity contribution in [1.29, 1.82) is 0 Å². The number of nitrogens with zero attached hydrogens (tertiary/aromatic N) is 1. The Morgan fingerprint density at radius 3 is 2.57 bits per heavy atom. The summed E-state index contributed by atoms with van der Waals surface area (Å²) < 4.78 is 5.11. The Bertz CT molecular complexity index is 480. The van der Waals surface area contributed by atoms with Crippen LogP contribution in [0, 0.1) is 0 Å². The van der Waals surface area contributed by atoms with E-state index in [1.807, 2.05) is 12.1 Å². The van der Waals surface area contributed by atoms with Crippen molar-refractivity contribution in [3.05, 3.63) is 23.8 Å². The Morgan fingerprint density at radius 1 is 1.29 bits per heavy atom. The Morgan fingerprint density at radius 2 is 2.00 bits per heavy atom. The normalized spacial score (nSPS) is 28.0. The summed E-state index contributed by atoms with van der Waals surface area (Å²) in [6.07, 6.45) is 5.18. The van der Waals surface area contributed by atoms with Crippen molar-refractivity contribution >= 4 is 0 Å². The van der Waals surface area contributed by atoms with Crippen LogP contribution in [0.1, 0.15) is 38.2 Å². The quantitative estimate of drug-likeness (QED) is 0.874. The first-order valence-corrected chi connectivity index (χ1v) is 8.05. The van der Waals surface area contributed by atoms with E-state index in [0.717, 1.165) is 18.7 Å². The lowest BCUT2D eigenvalue weighted by Gasteiger charge is -2.37. The van der Waals surface area contributed by atoms with Crippen LogP contribution in [0.15, 0.2) is 18.2 Å². The van der Waals surface area contributed by atoms with Crippen LogP contribution in [-0.2, 0) is 6.54 Å². The van der Waals surface area contributed by atoms with Gasteiger partial charge in [-0.05, 0) is 49.9 Å². The highest BCUT2D eigenvalue weighted by Crippen LogP contribution is 2.31. The smallest absolute Gasteiger partial charge is 0.160 e. The van der Waals surface area contributed by atoms with Crippen LogP contribution in [0.2, 0.25) is 0 Å². The Hall–Kier alpha value is -1.26. The monoisotopic (exact) mass is 290 g/mol. The first kappa shape index (κ1) is 14.7. The van der Waals surface area contributed by atoms with Gasteiger partial charge < -0.3 is 15.2 Å². The molecule has 2 N–H and O–H groups in total. The van der Waals surface area contributed by atoms with E-state index in [4.69, 9.17) is 4.74 Å². The fourth-order valence-corrected chi connectivity index (χ4v) is 3.89. The van der Waals surface area contributed by atoms with Gasteiger partial charge in [0.1, 0.15) is 0 Å². The van der Waals surface area contributed by atoms with Gasteiger partial charge in [-0.1, -0.05) is 13.0 Å². The molecule has 0 radical (unpaired) electrons. The number of piperidine rings is 1. The standard InChI is InChI=1S/C17H26N2O2/c1-3-19(15-9-13-5-6-14(10-15)18-13)11-12-4-7-17(21-2)16(20)8-12/h4,7-8,13-15,18,20H,3,5-6,9-11H2,1-2H3. The van der Waals surface area contributed by atoms with Crippen LogP contribution in [0.25, 0.3) is 0 Å². The highest BCUT2D eigenvalue weighted by Gasteiger charge is 2.35. The topological polar surface area (TPSA) is 44.7 Å². The third kappa shape index (κ3) is 3.16. The average Bonchev–Trinajstić information content (AvgIpc) is 2.83. The van der Waals surface area contributed by atoms with E-state index in [0.29, 0.717) is 23.9 Å². The molecule has 2 fully saturated rings. The zero-order valence-corrected chi connectivity index (χ0v) is 13.0. The van der Waals surface area contributed by atoms with Crippen molar-refractivity contribution < 1.29 is 9.84 Å². The van der Waals surface area contributed by atoms with Crippen LogP contribution in [0.3, 0.4) is 0 Å². The van der Waals surface area contributed by atoms with Gasteiger partial charge in [0.05, 0.1) is 7.11 Å². The number of rotatable bonds is 5. The number of hydrogen-bond acceptors (Lipinski definition) is 4. The molecule has 0 aromatic heterocycles. The average molecular weight is 290 g/mol. The van der Waals surface area contributed by atoms with Crippen molar-refractivity contribution in [3.63, 3.8) is 0 Å². The summed E-state index contributed by atoms with van der Waals surface area (Å²) in [7, 11) is 1.58. The molecule has 2 heterocycles. The van der Waals surface area contributed by atoms with E-state index in [-0.39, 0.29) is 5.75 Å². The van der Waals surface area contributed by atoms with E-state index < -0.39 is 0 Å². The fraction of sp³-hybridized carbons (Fsp3) is 0.647. The van der Waals surface area contributed by atoms with Crippen LogP contribution in [-0.4, -0.2) is 41.8 Å². The van der Waals surface area contributed by atoms with Gasteiger partial charge in [0.25, 0.3) is 0 Å². The SMILES string of the molecule is CCN(Cc1ccc(OC)c(O)c1)C1CC2CCC(C1)N2. The van der Waals surface area contributed by atoms with Gasteiger partial charge >= 0.3 is 0 Å². The first-order valence-electron chi connectivity index (χ1n) is 8.05. The van der Waals surface area contributed by atoms with Crippen molar-refractivity contribution in [2.45, 2.75) is 57.3 Å². The van der Waals surface area contributed by atoms with Crippen molar-refractivity contribution in [2.24, 2.45) is 0 Å². The van der Waals surface area contributed by atoms with Crippen LogP contribution >= 0.6 is 0 Å². The minimum absolute atomic E-state index is 0.233. The van der Waals surface area contributed by atoms with Crippen molar-refractivity contribution in [1.82, 2.24) is 10.2 Å². The number of phenolic OH excluding ortho intramolecular Hbond substituents is 1. The van der Waals surface area contributed by atoms with Gasteiger partial charge in [0.2, 0.25) is 0 Å². The van der Waals surface area contributed by atoms with Crippen molar-refractivity contribution in [2.75, 3.05) is 13.7 Å². The summed E-state index contributed by atoms with van der Waals surface area (Å²) >= 11 is 0. The van der Waals surface area contributed by atoms with Gasteiger partial charge in [0, 0.05) is 24.7 Å². The molecule has 3 rings (SSSR count). The highest BCUT2D eigenvalue weighted by molar-refractivity contribution is 5.41. The van der Waals surface area contributed by atoms with Gasteiger partial charge in [-0.15, -0.1) is 0 Å². The number of hydrogen-bond donors (Lipinski definition) is 2. The third-order valence-corrected chi connectivity index (χ3v) is 5.00. The summed E-state index contributed by atoms with van der Waals surface area (Å²) in [5, 5.41) is 13.6. The molecular formula is C17H26N2O2. The molecule has 1 aromatic rings. The number of fused-ring (bicyclic) bond motifs is 2. The fourth-order valence-electron chi connectivity index (χ4n) is 3.89. The molecule has 4 heteroatoms. The maximum atomic E-state index is 9.93. The minimum Gasteiger partial charge on any atom is -0.504 e. The van der Waals surface area contributed by atoms with E-state index in [2.05, 4.69) is 23.2 Å². The summed E-state index contributed by atoms with van der Waals surface area (Å²) in [6.45, 7) is 4.18. The minimum atomic E-state index is 0.233. The molecule has 0 amide bonds. The number of methoxy groups -OCH3 is 1. The Kier molecular flexibility index (Phi) is 4.36. The molecule has 2 aliphatic heterocycles. The molecule has 4 nitrogen and oxygen atoms in total. The molecule has 0 saturated carbocycles. The number of ether oxygens (including phenoxy) is 1. The van der Waals surface area contributed by atoms with E-state index in [1.165, 1.54) is 25.7 Å². The Balaban J connectivity index is 1.68. The molecule has 116 valence electrons. The second kappa shape index (κ2) is 6.24. The van der Waals surface area contributed by atoms with Gasteiger partial charge in [-0.2, -0.15) is 0 Å². The molecule has 2 aliphatic rings. The van der Waals surface area contributed by atoms with Gasteiger partial charge in [-0.3, -0.25) is 4.90 Å². The summed E-state index contributed by atoms with van der Waals surface area (Å²) in [5.41, 5.74) is 1.15. The molecular weight excluding hydrogens is 264 g/mol. The number of aromatic hydroxyl groups is 1. The van der Waals surface area contributed by atoms with E-state index in [9.17, 15) is 5.11 Å². The summed E-state index contributed by atoms with van der Waals surface area (Å²) in [4.78, 5) is 2.55. The van der Waals surface area contributed by atoms with Crippen LogP contribution in [0.5, 0.6) is 11.5 Å². The lowest BCUT2D eigenvalue weighted by Crippen LogP contribution is -2.47. The Labute approximate surface area is 127 Å². The van der Waals surface area contributed by atoms with Gasteiger partial charge in [0.15, 0.2) is 11.5 Å². The molecule has 21 heavy (non-hydrogen) atoms. The number of phenols is 1. The molecule has 2 unspecified atom stereocenters. The van der Waals surface area contributed by atoms with Crippen molar-refractivity contribution in [3.8, 4) is 11.5 Å². The zero-order valence-electron chi connectivity index (χ0n) is 13.0.